The second-order valence-corrected chi connectivity index (χ2v) is 8.84. The summed E-state index contributed by atoms with van der Waals surface area (Å²) >= 11 is 5.78. The molecular weight excluding hydrogens is 367 g/mol. The Morgan fingerprint density at radius 2 is 2.07 bits per heavy atom. The molecule has 4 nitrogen and oxygen atoms in total. The summed E-state index contributed by atoms with van der Waals surface area (Å²) in [5, 5.41) is 0.176. The average Bonchev–Trinajstić information content (AvgIpc) is 3.17. The van der Waals surface area contributed by atoms with Gasteiger partial charge in [0.25, 0.3) is 0 Å². The first-order valence-corrected chi connectivity index (χ1v) is 10.5. The van der Waals surface area contributed by atoms with Crippen LogP contribution in [0.3, 0.4) is 0 Å². The van der Waals surface area contributed by atoms with E-state index in [9.17, 15) is 9.18 Å². The van der Waals surface area contributed by atoms with Gasteiger partial charge >= 0.3 is 0 Å². The van der Waals surface area contributed by atoms with Crippen molar-refractivity contribution in [2.45, 2.75) is 51.2 Å². The maximum Gasteiger partial charge on any atom is 0.222 e. The normalized spacial score (nSPS) is 26.1. The molecule has 1 amide bonds. The van der Waals surface area contributed by atoms with E-state index in [1.54, 1.807) is 6.07 Å². The lowest BCUT2D eigenvalue weighted by Crippen LogP contribution is -2.52. The van der Waals surface area contributed by atoms with Crippen LogP contribution in [0.2, 0.25) is 5.02 Å². The molecule has 6 heteroatoms. The molecule has 0 N–H and O–H groups in total. The van der Waals surface area contributed by atoms with Crippen LogP contribution in [0, 0.1) is 11.2 Å². The highest BCUT2D eigenvalue weighted by Gasteiger charge is 2.41. The van der Waals surface area contributed by atoms with E-state index in [0.29, 0.717) is 6.42 Å². The minimum Gasteiger partial charge on any atom is -0.376 e. The molecule has 0 saturated carbocycles. The Hall–Kier alpha value is -1.17. The SMILES string of the molecule is O=C1CCC2(CCN(Cc3ccc(Cl)c(F)c3)CC2)CN1C[C@@H]1CCCO1. The molecule has 0 unspecified atom stereocenters. The van der Waals surface area contributed by atoms with Crippen LogP contribution < -0.4 is 0 Å². The summed E-state index contributed by atoms with van der Waals surface area (Å²) in [7, 11) is 0. The molecule has 0 bridgehead atoms. The Bertz CT molecular complexity index is 685. The summed E-state index contributed by atoms with van der Waals surface area (Å²) in [5.41, 5.74) is 1.21. The number of carbonyl (C=O) groups excluding carboxylic acids is 1. The highest BCUT2D eigenvalue weighted by atomic mass is 35.5. The predicted molar refractivity (Wildman–Crippen MR) is 103 cm³/mol. The first-order chi connectivity index (χ1) is 13.0. The maximum atomic E-state index is 13.7. The van der Waals surface area contributed by atoms with E-state index in [4.69, 9.17) is 16.3 Å². The van der Waals surface area contributed by atoms with Crippen molar-refractivity contribution in [3.8, 4) is 0 Å². The fourth-order valence-corrected chi connectivity index (χ4v) is 4.91. The van der Waals surface area contributed by atoms with Crippen LogP contribution in [0.4, 0.5) is 4.39 Å². The van der Waals surface area contributed by atoms with E-state index in [1.807, 2.05) is 6.07 Å². The molecule has 3 saturated heterocycles. The molecule has 148 valence electrons. The summed E-state index contributed by atoms with van der Waals surface area (Å²) < 4.78 is 19.4. The Morgan fingerprint density at radius 1 is 1.26 bits per heavy atom. The van der Waals surface area contributed by atoms with Gasteiger partial charge in [-0.3, -0.25) is 9.69 Å². The topological polar surface area (TPSA) is 32.8 Å². The van der Waals surface area contributed by atoms with Gasteiger partial charge in [0.2, 0.25) is 5.91 Å². The van der Waals surface area contributed by atoms with E-state index in [2.05, 4.69) is 9.80 Å². The van der Waals surface area contributed by atoms with Crippen molar-refractivity contribution in [3.05, 3.63) is 34.6 Å². The molecule has 3 fully saturated rings. The van der Waals surface area contributed by atoms with Crippen LogP contribution in [0.1, 0.15) is 44.1 Å². The number of ether oxygens (including phenoxy) is 1. The van der Waals surface area contributed by atoms with Crippen LogP contribution in [-0.4, -0.2) is 54.6 Å². The smallest absolute Gasteiger partial charge is 0.222 e. The molecule has 1 aromatic rings. The Labute approximate surface area is 165 Å². The second-order valence-electron chi connectivity index (χ2n) is 8.43. The number of rotatable bonds is 4. The highest BCUT2D eigenvalue weighted by Crippen LogP contribution is 2.40. The number of carbonyl (C=O) groups is 1. The molecule has 1 aromatic carbocycles. The molecule has 0 radical (unpaired) electrons. The zero-order valence-electron chi connectivity index (χ0n) is 15.8. The van der Waals surface area contributed by atoms with Gasteiger partial charge in [-0.2, -0.15) is 0 Å². The van der Waals surface area contributed by atoms with Gasteiger partial charge in [0.15, 0.2) is 0 Å². The molecule has 3 heterocycles. The standard InChI is InChI=1S/C21H28ClFN2O2/c22-18-4-3-16(12-19(18)23)13-24-9-7-21(8-10-24)6-5-20(26)25(15-21)14-17-2-1-11-27-17/h3-4,12,17H,1-2,5-11,13-15H2/t17-/m0/s1. The van der Waals surface area contributed by atoms with E-state index < -0.39 is 0 Å². The minimum absolute atomic E-state index is 0.176. The molecule has 4 rings (SSSR count). The van der Waals surface area contributed by atoms with Gasteiger partial charge in [-0.1, -0.05) is 17.7 Å². The lowest BCUT2D eigenvalue weighted by molar-refractivity contribution is -0.141. The number of hydrogen-bond donors (Lipinski definition) is 0. The summed E-state index contributed by atoms with van der Waals surface area (Å²) in [6.45, 7) is 5.20. The maximum absolute atomic E-state index is 13.7. The number of amides is 1. The number of benzene rings is 1. The fraction of sp³-hybridized carbons (Fsp3) is 0.667. The van der Waals surface area contributed by atoms with Crippen LogP contribution in [0.15, 0.2) is 18.2 Å². The molecule has 1 spiro atoms. The lowest BCUT2D eigenvalue weighted by atomic mass is 9.72. The molecule has 3 aliphatic heterocycles. The van der Waals surface area contributed by atoms with Gasteiger partial charge in [0.05, 0.1) is 11.1 Å². The Balaban J connectivity index is 1.33. The third-order valence-electron chi connectivity index (χ3n) is 6.50. The third-order valence-corrected chi connectivity index (χ3v) is 6.81. The Kier molecular flexibility index (Phi) is 5.72. The summed E-state index contributed by atoms with van der Waals surface area (Å²) in [6, 6.07) is 5.07. The van der Waals surface area contributed by atoms with Gasteiger partial charge in [-0.15, -0.1) is 0 Å². The zero-order chi connectivity index (χ0) is 18.9. The monoisotopic (exact) mass is 394 g/mol. The number of halogens is 2. The van der Waals surface area contributed by atoms with Crippen molar-refractivity contribution in [2.75, 3.05) is 32.8 Å². The first-order valence-electron chi connectivity index (χ1n) is 10.1. The van der Waals surface area contributed by atoms with E-state index in [1.165, 1.54) is 6.07 Å². The summed E-state index contributed by atoms with van der Waals surface area (Å²) in [4.78, 5) is 16.8. The van der Waals surface area contributed by atoms with Crippen molar-refractivity contribution in [2.24, 2.45) is 5.41 Å². The van der Waals surface area contributed by atoms with Gasteiger partial charge in [0.1, 0.15) is 5.82 Å². The molecule has 3 aliphatic rings. The van der Waals surface area contributed by atoms with Crippen molar-refractivity contribution < 1.29 is 13.9 Å². The number of likely N-dealkylation sites (tertiary alicyclic amines) is 2. The average molecular weight is 395 g/mol. The molecule has 1 atom stereocenters. The minimum atomic E-state index is -0.349. The Morgan fingerprint density at radius 3 is 2.78 bits per heavy atom. The first kappa shape index (κ1) is 19.2. The molecular formula is C21H28ClFN2O2. The fourth-order valence-electron chi connectivity index (χ4n) is 4.79. The highest BCUT2D eigenvalue weighted by molar-refractivity contribution is 6.30. The van der Waals surface area contributed by atoms with Crippen molar-refractivity contribution >= 4 is 17.5 Å². The largest absolute Gasteiger partial charge is 0.376 e. The quantitative estimate of drug-likeness (QED) is 0.777. The summed E-state index contributed by atoms with van der Waals surface area (Å²) in [5.74, 6) is -0.0617. The van der Waals surface area contributed by atoms with Gasteiger partial charge < -0.3 is 9.64 Å². The second kappa shape index (κ2) is 8.06. The van der Waals surface area contributed by atoms with Gasteiger partial charge in [-0.05, 0) is 68.3 Å². The van der Waals surface area contributed by atoms with E-state index in [0.717, 1.165) is 77.0 Å². The molecule has 27 heavy (non-hydrogen) atoms. The van der Waals surface area contributed by atoms with Crippen molar-refractivity contribution in [3.63, 3.8) is 0 Å². The van der Waals surface area contributed by atoms with Crippen LogP contribution >= 0.6 is 11.6 Å². The molecule has 0 aliphatic carbocycles. The number of hydrogen-bond acceptors (Lipinski definition) is 3. The lowest BCUT2D eigenvalue weighted by Gasteiger charge is -2.48. The van der Waals surface area contributed by atoms with Crippen LogP contribution in [0.25, 0.3) is 0 Å². The van der Waals surface area contributed by atoms with Crippen molar-refractivity contribution in [1.82, 2.24) is 9.80 Å². The number of nitrogens with zero attached hydrogens (tertiary/aromatic N) is 2. The van der Waals surface area contributed by atoms with Gasteiger partial charge in [0, 0.05) is 32.7 Å². The van der Waals surface area contributed by atoms with E-state index >= 15 is 0 Å². The zero-order valence-corrected chi connectivity index (χ0v) is 16.5. The molecule has 0 aromatic heterocycles. The van der Waals surface area contributed by atoms with Gasteiger partial charge in [-0.25, -0.2) is 4.39 Å². The predicted octanol–water partition coefficient (Wildman–Crippen LogP) is 3.86. The van der Waals surface area contributed by atoms with Crippen LogP contribution in [-0.2, 0) is 16.1 Å². The van der Waals surface area contributed by atoms with Crippen molar-refractivity contribution in [1.29, 1.82) is 0 Å². The summed E-state index contributed by atoms with van der Waals surface area (Å²) in [6.07, 6.45) is 6.26. The third kappa shape index (κ3) is 4.47. The number of piperidine rings is 2. The van der Waals surface area contributed by atoms with E-state index in [-0.39, 0.29) is 28.3 Å². The van der Waals surface area contributed by atoms with Crippen LogP contribution in [0.5, 0.6) is 0 Å².